The van der Waals surface area contributed by atoms with Crippen molar-refractivity contribution in [3.8, 4) is 6.07 Å². The van der Waals surface area contributed by atoms with Crippen molar-refractivity contribution in [3.05, 3.63) is 52.7 Å². The van der Waals surface area contributed by atoms with Crippen LogP contribution in [0.3, 0.4) is 0 Å². The molecule has 0 atom stereocenters. The Balaban J connectivity index is 2.25. The fraction of sp³-hybridized carbons (Fsp3) is 0. The van der Waals surface area contributed by atoms with Gasteiger partial charge in [0.25, 0.3) is 5.91 Å². The third kappa shape index (κ3) is 3.03. The topological polar surface area (TPSA) is 104 Å². The van der Waals surface area contributed by atoms with Crippen LogP contribution in [0.4, 0.5) is 11.5 Å². The molecule has 0 aliphatic carbocycles. The second-order valence-corrected chi connectivity index (χ2v) is 4.22. The number of nitrogens with one attached hydrogen (secondary N) is 2. The fourth-order valence-corrected chi connectivity index (χ4v) is 1.68. The van der Waals surface area contributed by atoms with Crippen molar-refractivity contribution >= 4 is 29.0 Å². The van der Waals surface area contributed by atoms with E-state index in [1.54, 1.807) is 24.3 Å². The Bertz CT molecular complexity index is 695. The predicted molar refractivity (Wildman–Crippen MR) is 76.2 cm³/mol. The van der Waals surface area contributed by atoms with Crippen LogP contribution in [0.15, 0.2) is 36.4 Å². The number of nitrogen functional groups attached to an aromatic ring is 1. The van der Waals surface area contributed by atoms with Crippen LogP contribution in [-0.4, -0.2) is 10.9 Å². The van der Waals surface area contributed by atoms with E-state index in [-0.39, 0.29) is 5.69 Å². The van der Waals surface area contributed by atoms with Gasteiger partial charge in [0.15, 0.2) is 0 Å². The molecular weight excluding hydrogens is 278 g/mol. The number of hydrogen-bond acceptors (Lipinski definition) is 5. The lowest BCUT2D eigenvalue weighted by molar-refractivity contribution is 0.102. The average Bonchev–Trinajstić information content (AvgIpc) is 2.49. The smallest absolute Gasteiger partial charge is 0.274 e. The lowest BCUT2D eigenvalue weighted by Gasteiger charge is -2.08. The first-order valence-electron chi connectivity index (χ1n) is 5.58. The van der Waals surface area contributed by atoms with Crippen molar-refractivity contribution in [2.45, 2.75) is 0 Å². The number of carbonyl (C=O) groups is 1. The van der Waals surface area contributed by atoms with E-state index >= 15 is 0 Å². The third-order valence-corrected chi connectivity index (χ3v) is 2.80. The Morgan fingerprint density at radius 1 is 1.35 bits per heavy atom. The molecule has 2 aromatic rings. The van der Waals surface area contributed by atoms with E-state index in [9.17, 15) is 4.79 Å². The van der Waals surface area contributed by atoms with Gasteiger partial charge in [-0.05, 0) is 30.3 Å². The highest BCUT2D eigenvalue weighted by Crippen LogP contribution is 2.23. The Morgan fingerprint density at radius 2 is 2.15 bits per heavy atom. The molecule has 7 heteroatoms. The van der Waals surface area contributed by atoms with E-state index in [0.29, 0.717) is 22.1 Å². The van der Waals surface area contributed by atoms with Gasteiger partial charge in [0, 0.05) is 0 Å². The monoisotopic (exact) mass is 287 g/mol. The molecule has 1 amide bonds. The van der Waals surface area contributed by atoms with Crippen LogP contribution in [0.1, 0.15) is 16.1 Å². The molecule has 0 radical (unpaired) electrons. The summed E-state index contributed by atoms with van der Waals surface area (Å²) in [6, 6.07) is 11.4. The first-order valence-corrected chi connectivity index (χ1v) is 5.96. The highest BCUT2D eigenvalue weighted by atomic mass is 35.5. The number of hydrazine groups is 1. The summed E-state index contributed by atoms with van der Waals surface area (Å²) in [6.45, 7) is 0. The first kappa shape index (κ1) is 13.8. The molecule has 0 aliphatic rings. The summed E-state index contributed by atoms with van der Waals surface area (Å²) >= 11 is 5.97. The average molecular weight is 288 g/mol. The standard InChI is InChI=1S/C13H10ClN5O/c14-9-5-4-8(7-15)6-11(9)18-13(20)10-2-1-3-12(17-10)19-16/h1-6H,16H2,(H,17,19)(H,18,20). The number of nitriles is 1. The third-order valence-electron chi connectivity index (χ3n) is 2.47. The summed E-state index contributed by atoms with van der Waals surface area (Å²) in [5.41, 5.74) is 3.28. The lowest BCUT2D eigenvalue weighted by atomic mass is 10.2. The van der Waals surface area contributed by atoms with Gasteiger partial charge in [-0.2, -0.15) is 5.26 Å². The van der Waals surface area contributed by atoms with Gasteiger partial charge in [-0.25, -0.2) is 10.8 Å². The Hall–Kier alpha value is -2.62. The van der Waals surface area contributed by atoms with Crippen LogP contribution in [0.25, 0.3) is 0 Å². The Labute approximate surface area is 120 Å². The maximum absolute atomic E-state index is 12.1. The van der Waals surface area contributed by atoms with Gasteiger partial charge in [-0.1, -0.05) is 17.7 Å². The normalized spacial score (nSPS) is 9.65. The van der Waals surface area contributed by atoms with E-state index in [0.717, 1.165) is 0 Å². The molecule has 2 rings (SSSR count). The van der Waals surface area contributed by atoms with E-state index in [1.807, 2.05) is 6.07 Å². The van der Waals surface area contributed by atoms with E-state index in [4.69, 9.17) is 22.7 Å². The minimum Gasteiger partial charge on any atom is -0.319 e. The number of aromatic nitrogens is 1. The van der Waals surface area contributed by atoms with Crippen molar-refractivity contribution in [3.63, 3.8) is 0 Å². The summed E-state index contributed by atoms with van der Waals surface area (Å²) in [4.78, 5) is 16.1. The number of anilines is 2. The van der Waals surface area contributed by atoms with Gasteiger partial charge in [0.05, 0.1) is 22.3 Å². The zero-order valence-electron chi connectivity index (χ0n) is 10.2. The van der Waals surface area contributed by atoms with Crippen LogP contribution in [0, 0.1) is 11.3 Å². The van der Waals surface area contributed by atoms with E-state index in [1.165, 1.54) is 12.1 Å². The summed E-state index contributed by atoms with van der Waals surface area (Å²) in [5.74, 6) is 5.16. The number of hydrogen-bond donors (Lipinski definition) is 3. The summed E-state index contributed by atoms with van der Waals surface area (Å²) in [6.07, 6.45) is 0. The second-order valence-electron chi connectivity index (χ2n) is 3.81. The first-order chi connectivity index (χ1) is 9.63. The molecule has 0 saturated carbocycles. The number of nitrogens with two attached hydrogens (primary N) is 1. The SMILES string of the molecule is N#Cc1ccc(Cl)c(NC(=O)c2cccc(NN)n2)c1. The second kappa shape index (κ2) is 6.02. The van der Waals surface area contributed by atoms with Crippen molar-refractivity contribution in [2.75, 3.05) is 10.7 Å². The molecule has 1 heterocycles. The zero-order chi connectivity index (χ0) is 14.5. The highest BCUT2D eigenvalue weighted by molar-refractivity contribution is 6.34. The Morgan fingerprint density at radius 3 is 2.85 bits per heavy atom. The molecule has 0 saturated heterocycles. The van der Waals surface area contributed by atoms with Gasteiger partial charge in [0.2, 0.25) is 0 Å². The molecule has 0 aliphatic heterocycles. The molecule has 1 aromatic heterocycles. The van der Waals surface area contributed by atoms with Gasteiger partial charge in [-0.3, -0.25) is 4.79 Å². The van der Waals surface area contributed by atoms with Crippen molar-refractivity contribution < 1.29 is 4.79 Å². The van der Waals surface area contributed by atoms with Gasteiger partial charge in [-0.15, -0.1) is 0 Å². The van der Waals surface area contributed by atoms with E-state index < -0.39 is 5.91 Å². The minimum atomic E-state index is -0.445. The van der Waals surface area contributed by atoms with Crippen LogP contribution in [-0.2, 0) is 0 Å². The quantitative estimate of drug-likeness (QED) is 0.593. The predicted octanol–water partition coefficient (Wildman–Crippen LogP) is 2.14. The highest BCUT2D eigenvalue weighted by Gasteiger charge is 2.11. The molecule has 0 bridgehead atoms. The van der Waals surface area contributed by atoms with Crippen LogP contribution >= 0.6 is 11.6 Å². The molecule has 0 spiro atoms. The van der Waals surface area contributed by atoms with Gasteiger partial charge >= 0.3 is 0 Å². The molecule has 20 heavy (non-hydrogen) atoms. The summed E-state index contributed by atoms with van der Waals surface area (Å²) in [7, 11) is 0. The molecule has 6 nitrogen and oxygen atoms in total. The molecule has 0 fully saturated rings. The van der Waals surface area contributed by atoms with Crippen LogP contribution < -0.4 is 16.6 Å². The molecule has 0 unspecified atom stereocenters. The number of rotatable bonds is 3. The number of amides is 1. The largest absolute Gasteiger partial charge is 0.319 e. The van der Waals surface area contributed by atoms with Crippen molar-refractivity contribution in [2.24, 2.45) is 5.84 Å². The summed E-state index contributed by atoms with van der Waals surface area (Å²) < 4.78 is 0. The van der Waals surface area contributed by atoms with Crippen LogP contribution in [0.5, 0.6) is 0 Å². The molecule has 1 aromatic carbocycles. The Kier molecular flexibility index (Phi) is 4.15. The zero-order valence-corrected chi connectivity index (χ0v) is 11.0. The van der Waals surface area contributed by atoms with E-state index in [2.05, 4.69) is 15.7 Å². The number of nitrogens with zero attached hydrogens (tertiary/aromatic N) is 2. The molecular formula is C13H10ClN5O. The minimum absolute atomic E-state index is 0.180. The maximum atomic E-state index is 12.1. The number of pyridine rings is 1. The maximum Gasteiger partial charge on any atom is 0.274 e. The summed E-state index contributed by atoms with van der Waals surface area (Å²) in [5, 5.41) is 11.8. The van der Waals surface area contributed by atoms with Gasteiger partial charge < -0.3 is 10.7 Å². The van der Waals surface area contributed by atoms with Crippen molar-refractivity contribution in [1.29, 1.82) is 5.26 Å². The molecule has 4 N–H and O–H groups in total. The fourth-order valence-electron chi connectivity index (χ4n) is 1.52. The number of carbonyl (C=O) groups excluding carboxylic acids is 1. The van der Waals surface area contributed by atoms with Crippen LogP contribution in [0.2, 0.25) is 5.02 Å². The van der Waals surface area contributed by atoms with Crippen molar-refractivity contribution in [1.82, 2.24) is 4.98 Å². The number of benzene rings is 1. The number of halogens is 1. The lowest BCUT2D eigenvalue weighted by Crippen LogP contribution is -2.16. The van der Waals surface area contributed by atoms with Gasteiger partial charge in [0.1, 0.15) is 11.5 Å². The molecule has 100 valence electrons.